The molecule has 1 fully saturated rings. The standard InChI is InChI=1S/C21H27ClN2O3S2/c1-15-8-11-19(28-15)16(2)23(3)21(25)17-9-10-18(22)20(14-17)29(26,27)24-12-6-4-5-7-13-24/h8-11,14,16H,4-7,12-13H2,1-3H3/t16-/m1/s1. The quantitative estimate of drug-likeness (QED) is 0.630. The molecule has 0 N–H and O–H groups in total. The Morgan fingerprint density at radius 2 is 1.79 bits per heavy atom. The van der Waals surface area contributed by atoms with Gasteiger partial charge in [-0.25, -0.2) is 8.42 Å². The van der Waals surface area contributed by atoms with Gasteiger partial charge in [-0.2, -0.15) is 4.31 Å². The fourth-order valence-corrected chi connectivity index (χ4v) is 6.49. The summed E-state index contributed by atoms with van der Waals surface area (Å²) in [4.78, 5) is 17.0. The van der Waals surface area contributed by atoms with E-state index in [0.717, 1.165) is 30.6 Å². The van der Waals surface area contributed by atoms with Gasteiger partial charge in [0.15, 0.2) is 0 Å². The number of halogens is 1. The summed E-state index contributed by atoms with van der Waals surface area (Å²) in [6.07, 6.45) is 3.75. The number of carbonyl (C=O) groups excluding carboxylic acids is 1. The van der Waals surface area contributed by atoms with E-state index in [-0.39, 0.29) is 21.9 Å². The molecule has 1 aliphatic heterocycles. The topological polar surface area (TPSA) is 57.7 Å². The zero-order valence-corrected chi connectivity index (χ0v) is 19.4. The third-order valence-electron chi connectivity index (χ3n) is 5.44. The van der Waals surface area contributed by atoms with Crippen LogP contribution in [-0.4, -0.2) is 43.7 Å². The van der Waals surface area contributed by atoms with Crippen molar-refractivity contribution in [1.29, 1.82) is 0 Å². The van der Waals surface area contributed by atoms with E-state index in [0.29, 0.717) is 18.7 Å². The highest BCUT2D eigenvalue weighted by molar-refractivity contribution is 7.89. The molecular weight excluding hydrogens is 428 g/mol. The Labute approximate surface area is 182 Å². The molecule has 29 heavy (non-hydrogen) atoms. The van der Waals surface area contributed by atoms with E-state index < -0.39 is 10.0 Å². The second-order valence-electron chi connectivity index (χ2n) is 7.50. The van der Waals surface area contributed by atoms with Gasteiger partial charge in [0.25, 0.3) is 5.91 Å². The van der Waals surface area contributed by atoms with Crippen LogP contribution in [0.3, 0.4) is 0 Å². The molecule has 0 spiro atoms. The summed E-state index contributed by atoms with van der Waals surface area (Å²) in [6, 6.07) is 8.47. The summed E-state index contributed by atoms with van der Waals surface area (Å²) < 4.78 is 27.9. The van der Waals surface area contributed by atoms with Crippen LogP contribution in [0.1, 0.15) is 58.8 Å². The molecule has 0 saturated carbocycles. The minimum atomic E-state index is -3.73. The lowest BCUT2D eigenvalue weighted by molar-refractivity contribution is 0.0744. The van der Waals surface area contributed by atoms with Crippen molar-refractivity contribution < 1.29 is 13.2 Å². The Morgan fingerprint density at radius 1 is 1.14 bits per heavy atom. The second-order valence-corrected chi connectivity index (χ2v) is 11.1. The van der Waals surface area contributed by atoms with Gasteiger partial charge >= 0.3 is 0 Å². The Kier molecular flexibility index (Phi) is 7.04. The van der Waals surface area contributed by atoms with Crippen molar-refractivity contribution in [2.75, 3.05) is 20.1 Å². The number of benzene rings is 1. The van der Waals surface area contributed by atoms with Gasteiger partial charge in [-0.1, -0.05) is 24.4 Å². The molecule has 3 rings (SSSR count). The van der Waals surface area contributed by atoms with Gasteiger partial charge in [0, 0.05) is 35.5 Å². The molecule has 1 amide bonds. The van der Waals surface area contributed by atoms with Crippen molar-refractivity contribution in [3.05, 3.63) is 50.7 Å². The molecule has 158 valence electrons. The highest BCUT2D eigenvalue weighted by atomic mass is 35.5. The van der Waals surface area contributed by atoms with E-state index in [4.69, 9.17) is 11.6 Å². The maximum atomic E-state index is 13.2. The maximum absolute atomic E-state index is 13.2. The third-order valence-corrected chi connectivity index (χ3v) is 8.99. The Morgan fingerprint density at radius 3 is 2.38 bits per heavy atom. The summed E-state index contributed by atoms with van der Waals surface area (Å²) in [5.41, 5.74) is 0.324. The number of rotatable bonds is 5. The molecule has 1 aromatic carbocycles. The van der Waals surface area contributed by atoms with Crippen molar-refractivity contribution in [2.45, 2.75) is 50.5 Å². The lowest BCUT2D eigenvalue weighted by atomic mass is 10.1. The molecule has 2 aromatic rings. The average molecular weight is 455 g/mol. The number of nitrogens with zero attached hydrogens (tertiary/aromatic N) is 2. The first-order valence-electron chi connectivity index (χ1n) is 9.85. The van der Waals surface area contributed by atoms with E-state index in [1.54, 1.807) is 29.4 Å². The Bertz CT molecular complexity index is 980. The first-order chi connectivity index (χ1) is 13.7. The van der Waals surface area contributed by atoms with Crippen LogP contribution in [0.5, 0.6) is 0 Å². The molecule has 8 heteroatoms. The molecule has 0 bridgehead atoms. The monoisotopic (exact) mass is 454 g/mol. The molecule has 1 aliphatic rings. The predicted molar refractivity (Wildman–Crippen MR) is 118 cm³/mol. The number of hydrogen-bond donors (Lipinski definition) is 0. The second kappa shape index (κ2) is 9.16. The van der Waals surface area contributed by atoms with Crippen molar-refractivity contribution >= 4 is 38.9 Å². The molecule has 0 aliphatic carbocycles. The zero-order chi connectivity index (χ0) is 21.2. The predicted octanol–water partition coefficient (Wildman–Crippen LogP) is 5.11. The largest absolute Gasteiger partial charge is 0.334 e. The van der Waals surface area contributed by atoms with Crippen LogP contribution in [-0.2, 0) is 10.0 Å². The van der Waals surface area contributed by atoms with Crippen LogP contribution in [0.2, 0.25) is 5.02 Å². The molecular formula is C21H27ClN2O3S2. The van der Waals surface area contributed by atoms with Crippen LogP contribution in [0.25, 0.3) is 0 Å². The van der Waals surface area contributed by atoms with Gasteiger partial charge in [-0.15, -0.1) is 11.3 Å². The van der Waals surface area contributed by atoms with Gasteiger partial charge in [-0.3, -0.25) is 4.79 Å². The summed E-state index contributed by atoms with van der Waals surface area (Å²) in [5.74, 6) is -0.229. The van der Waals surface area contributed by atoms with Gasteiger partial charge in [0.2, 0.25) is 10.0 Å². The van der Waals surface area contributed by atoms with Gasteiger partial charge < -0.3 is 4.90 Å². The SMILES string of the molecule is Cc1ccc([C@@H](C)N(C)C(=O)c2ccc(Cl)c(S(=O)(=O)N3CCCCCC3)c2)s1. The first-order valence-corrected chi connectivity index (χ1v) is 12.5. The molecule has 1 atom stereocenters. The number of aryl methyl sites for hydroxylation is 1. The number of amides is 1. The third kappa shape index (κ3) is 4.85. The normalized spacial score (nSPS) is 17.0. The highest BCUT2D eigenvalue weighted by Gasteiger charge is 2.29. The lowest BCUT2D eigenvalue weighted by Crippen LogP contribution is -2.33. The number of thiophene rings is 1. The fourth-order valence-electron chi connectivity index (χ4n) is 3.50. The summed E-state index contributed by atoms with van der Waals surface area (Å²) >= 11 is 7.91. The van der Waals surface area contributed by atoms with Crippen LogP contribution < -0.4 is 0 Å². The van der Waals surface area contributed by atoms with Crippen LogP contribution >= 0.6 is 22.9 Å². The van der Waals surface area contributed by atoms with Gasteiger partial charge in [-0.05, 0) is 57.0 Å². The maximum Gasteiger partial charge on any atom is 0.254 e. The number of carbonyl (C=O) groups is 1. The number of hydrogen-bond acceptors (Lipinski definition) is 4. The van der Waals surface area contributed by atoms with Crippen molar-refractivity contribution in [2.24, 2.45) is 0 Å². The number of sulfonamides is 1. The van der Waals surface area contributed by atoms with E-state index >= 15 is 0 Å². The van der Waals surface area contributed by atoms with Crippen LogP contribution in [0.15, 0.2) is 35.2 Å². The van der Waals surface area contributed by atoms with Crippen LogP contribution in [0.4, 0.5) is 0 Å². The first kappa shape index (κ1) is 22.3. The Balaban J connectivity index is 1.88. The molecule has 5 nitrogen and oxygen atoms in total. The zero-order valence-electron chi connectivity index (χ0n) is 17.0. The Hall–Kier alpha value is -1.41. The highest BCUT2D eigenvalue weighted by Crippen LogP contribution is 2.30. The molecule has 2 heterocycles. The molecule has 0 radical (unpaired) electrons. The minimum absolute atomic E-state index is 0.0138. The minimum Gasteiger partial charge on any atom is -0.334 e. The van der Waals surface area contributed by atoms with E-state index in [1.807, 2.05) is 26.0 Å². The molecule has 1 aromatic heterocycles. The fraction of sp³-hybridized carbons (Fsp3) is 0.476. The van der Waals surface area contributed by atoms with Crippen molar-refractivity contribution in [3.8, 4) is 0 Å². The average Bonchev–Trinajstić information content (AvgIpc) is 2.95. The van der Waals surface area contributed by atoms with Gasteiger partial charge in [0.1, 0.15) is 4.90 Å². The van der Waals surface area contributed by atoms with E-state index in [9.17, 15) is 13.2 Å². The summed E-state index contributed by atoms with van der Waals surface area (Å²) in [7, 11) is -2.00. The van der Waals surface area contributed by atoms with E-state index in [1.165, 1.54) is 21.3 Å². The lowest BCUT2D eigenvalue weighted by Gasteiger charge is -2.25. The van der Waals surface area contributed by atoms with Crippen LogP contribution in [0, 0.1) is 6.92 Å². The summed E-state index contributed by atoms with van der Waals surface area (Å²) in [5, 5.41) is 0.149. The smallest absolute Gasteiger partial charge is 0.254 e. The van der Waals surface area contributed by atoms with Gasteiger partial charge in [0.05, 0.1) is 11.1 Å². The van der Waals surface area contributed by atoms with Crippen molar-refractivity contribution in [3.63, 3.8) is 0 Å². The molecule has 1 saturated heterocycles. The summed E-state index contributed by atoms with van der Waals surface area (Å²) in [6.45, 7) is 4.98. The molecule has 0 unspecified atom stereocenters. The van der Waals surface area contributed by atoms with E-state index in [2.05, 4.69) is 0 Å². The van der Waals surface area contributed by atoms with Crippen molar-refractivity contribution in [1.82, 2.24) is 9.21 Å².